The Kier molecular flexibility index (Phi) is 3.75. The van der Waals surface area contributed by atoms with Crippen LogP contribution < -0.4 is 0 Å². The largest absolute Gasteiger partial charge is 0.332 e. The molecule has 7 heteroatoms. The molecule has 5 nitrogen and oxygen atoms in total. The van der Waals surface area contributed by atoms with Gasteiger partial charge in [0, 0.05) is 11.1 Å². The van der Waals surface area contributed by atoms with Gasteiger partial charge in [0.15, 0.2) is 0 Å². The maximum Gasteiger partial charge on any atom is 0.292 e. The molecular weight excluding hydrogens is 238 g/mol. The number of aliphatic hydroxyl groups is 2. The summed E-state index contributed by atoms with van der Waals surface area (Å²) < 4.78 is 26.0. The molecule has 0 aliphatic carbocycles. The zero-order chi connectivity index (χ0) is 11.5. The Bertz CT molecular complexity index is 508. The van der Waals surface area contributed by atoms with E-state index in [0.29, 0.717) is 0 Å². The van der Waals surface area contributed by atoms with Crippen LogP contribution in [-0.2, 0) is 21.2 Å². The quantitative estimate of drug-likeness (QED) is 0.767. The van der Waals surface area contributed by atoms with Crippen LogP contribution >= 0.6 is 0 Å². The Morgan fingerprint density at radius 2 is 1.80 bits per heavy atom. The molecule has 1 aromatic rings. The van der Waals surface area contributed by atoms with Crippen molar-refractivity contribution in [3.63, 3.8) is 0 Å². The summed E-state index contributed by atoms with van der Waals surface area (Å²) >= 11 is 0.102. The van der Waals surface area contributed by atoms with Gasteiger partial charge in [0.25, 0.3) is 15.3 Å². The first-order chi connectivity index (χ1) is 6.92. The molecule has 0 heterocycles. The van der Waals surface area contributed by atoms with Crippen LogP contribution in [0.25, 0.3) is 0 Å². The van der Waals surface area contributed by atoms with Crippen molar-refractivity contribution in [2.24, 2.45) is 3.77 Å². The van der Waals surface area contributed by atoms with Crippen molar-refractivity contribution in [2.45, 2.75) is 11.8 Å². The summed E-state index contributed by atoms with van der Waals surface area (Å²) in [5.41, 5.74) is 0.929. The third-order valence-electron chi connectivity index (χ3n) is 1.54. The van der Waals surface area contributed by atoms with E-state index in [1.165, 1.54) is 12.1 Å². The van der Waals surface area contributed by atoms with E-state index in [0.717, 1.165) is 5.56 Å². The van der Waals surface area contributed by atoms with Crippen molar-refractivity contribution in [1.29, 1.82) is 0 Å². The summed E-state index contributed by atoms with van der Waals surface area (Å²) in [7, 11) is -3.82. The third-order valence-corrected chi connectivity index (χ3v) is 3.65. The van der Waals surface area contributed by atoms with Crippen molar-refractivity contribution >= 4 is 26.4 Å². The highest BCUT2D eigenvalue weighted by atomic mass is 32.2. The third kappa shape index (κ3) is 3.56. The second-order valence-corrected chi connectivity index (χ2v) is 5.30. The molecule has 0 aliphatic rings. The van der Waals surface area contributed by atoms with Gasteiger partial charge >= 0.3 is 0 Å². The molecule has 0 radical (unpaired) electrons. The summed E-state index contributed by atoms with van der Waals surface area (Å²) in [6.07, 6.45) is 0. The van der Waals surface area contributed by atoms with Gasteiger partial charge in [-0.2, -0.15) is 8.42 Å². The lowest BCUT2D eigenvalue weighted by Crippen LogP contribution is -1.97. The molecular formula is C8H9NO4S2. The van der Waals surface area contributed by atoms with Crippen LogP contribution in [0.4, 0.5) is 0 Å². The number of sulfonamides is 1. The normalized spacial score (nSPS) is 10.9. The maximum atomic E-state index is 11.4. The Balaban J connectivity index is 3.19. The Hall–Kier alpha value is -1.02. The summed E-state index contributed by atoms with van der Waals surface area (Å²) in [6.45, 7) is 1.83. The molecule has 0 bridgehead atoms. The van der Waals surface area contributed by atoms with E-state index in [9.17, 15) is 8.42 Å². The monoisotopic (exact) mass is 247 g/mol. The molecule has 0 spiro atoms. The van der Waals surface area contributed by atoms with Gasteiger partial charge in [-0.15, -0.1) is 0 Å². The topological polar surface area (TPSA) is 87.0 Å². The van der Waals surface area contributed by atoms with Crippen LogP contribution in [0.3, 0.4) is 0 Å². The van der Waals surface area contributed by atoms with Gasteiger partial charge in [-0.25, -0.2) is 0 Å². The standard InChI is InChI=1S/C8H9NO4S2/c1-6-2-4-7(5-3-6)15(12,13)9-14-8(10)11/h2-5,10-11H,1H3. The molecule has 0 atom stereocenters. The van der Waals surface area contributed by atoms with E-state index in [1.54, 1.807) is 12.1 Å². The maximum absolute atomic E-state index is 11.4. The molecule has 2 N–H and O–H groups in total. The lowest BCUT2D eigenvalue weighted by molar-refractivity contribution is 0.385. The first-order valence-electron chi connectivity index (χ1n) is 3.88. The summed E-state index contributed by atoms with van der Waals surface area (Å²) in [6, 6.07) is 6.08. The molecule has 0 saturated carbocycles. The first kappa shape index (κ1) is 12.1. The molecule has 0 aliphatic heterocycles. The zero-order valence-corrected chi connectivity index (χ0v) is 9.42. The number of rotatable bonds is 2. The lowest BCUT2D eigenvalue weighted by atomic mass is 10.2. The van der Waals surface area contributed by atoms with Gasteiger partial charge in [0.2, 0.25) is 0 Å². The predicted octanol–water partition coefficient (Wildman–Crippen LogP) is 1.15. The summed E-state index contributed by atoms with van der Waals surface area (Å²) in [5.74, 6) is 0. The van der Waals surface area contributed by atoms with Gasteiger partial charge < -0.3 is 10.2 Å². The number of aryl methyl sites for hydroxylation is 1. The van der Waals surface area contributed by atoms with Crippen molar-refractivity contribution in [3.05, 3.63) is 29.8 Å². The van der Waals surface area contributed by atoms with Crippen LogP contribution in [0.5, 0.6) is 0 Å². The number of nitrogens with zero attached hydrogens (tertiary/aromatic N) is 1. The van der Waals surface area contributed by atoms with E-state index in [-0.39, 0.29) is 16.0 Å². The van der Waals surface area contributed by atoms with Crippen LogP contribution in [0.2, 0.25) is 0 Å². The van der Waals surface area contributed by atoms with E-state index in [4.69, 9.17) is 10.2 Å². The molecule has 82 valence electrons. The smallest absolute Gasteiger partial charge is 0.292 e. The minimum absolute atomic E-state index is 0.0156. The average molecular weight is 247 g/mol. The lowest BCUT2D eigenvalue weighted by Gasteiger charge is -1.96. The summed E-state index contributed by atoms with van der Waals surface area (Å²) in [5, 5.41) is 15.7. The van der Waals surface area contributed by atoms with Crippen LogP contribution in [-0.4, -0.2) is 23.9 Å². The molecule has 0 amide bonds. The van der Waals surface area contributed by atoms with E-state index >= 15 is 0 Å². The van der Waals surface area contributed by atoms with Gasteiger partial charge in [-0.1, -0.05) is 21.5 Å². The van der Waals surface area contributed by atoms with Gasteiger partial charge in [-0.05, 0) is 19.1 Å². The van der Waals surface area contributed by atoms with E-state index in [2.05, 4.69) is 3.77 Å². The molecule has 1 rings (SSSR count). The first-order valence-corrected chi connectivity index (χ1v) is 6.09. The van der Waals surface area contributed by atoms with Crippen molar-refractivity contribution in [1.82, 2.24) is 0 Å². The molecule has 1 aromatic carbocycles. The second-order valence-electron chi connectivity index (χ2n) is 2.74. The van der Waals surface area contributed by atoms with Crippen molar-refractivity contribution < 1.29 is 18.6 Å². The summed E-state index contributed by atoms with van der Waals surface area (Å²) in [4.78, 5) is 0.0156. The Morgan fingerprint density at radius 3 is 2.27 bits per heavy atom. The fraction of sp³-hybridized carbons (Fsp3) is 0.125. The molecule has 0 unspecified atom stereocenters. The van der Waals surface area contributed by atoms with Gasteiger partial charge in [-0.3, -0.25) is 0 Å². The highest BCUT2D eigenvalue weighted by Crippen LogP contribution is 2.12. The predicted molar refractivity (Wildman–Crippen MR) is 58.4 cm³/mol. The van der Waals surface area contributed by atoms with Gasteiger partial charge in [0.1, 0.15) is 0 Å². The Morgan fingerprint density at radius 1 is 1.27 bits per heavy atom. The van der Waals surface area contributed by atoms with Crippen LogP contribution in [0.1, 0.15) is 5.56 Å². The number of benzene rings is 1. The fourth-order valence-electron chi connectivity index (χ4n) is 0.836. The van der Waals surface area contributed by atoms with Gasteiger partial charge in [0.05, 0.1) is 4.90 Å². The number of aliphatic hydroxyl groups excluding tert-OH is 1. The molecule has 0 aromatic heterocycles. The number of hydrogen-bond donors (Lipinski definition) is 2. The molecule has 0 fully saturated rings. The second kappa shape index (κ2) is 4.67. The average Bonchev–Trinajstić information content (AvgIpc) is 2.16. The van der Waals surface area contributed by atoms with Crippen LogP contribution in [0, 0.1) is 6.92 Å². The minimum atomic E-state index is -3.82. The number of hydrogen-bond acceptors (Lipinski definition) is 2. The van der Waals surface area contributed by atoms with E-state index < -0.39 is 15.3 Å². The van der Waals surface area contributed by atoms with Crippen LogP contribution in [0.15, 0.2) is 32.9 Å². The minimum Gasteiger partial charge on any atom is -0.332 e. The van der Waals surface area contributed by atoms with E-state index in [1.807, 2.05) is 6.92 Å². The highest BCUT2D eigenvalue weighted by molar-refractivity contribution is 7.94. The highest BCUT2D eigenvalue weighted by Gasteiger charge is 2.10. The molecule has 0 saturated heterocycles. The van der Waals surface area contributed by atoms with Crippen molar-refractivity contribution in [2.75, 3.05) is 0 Å². The SMILES string of the molecule is Cc1ccc(S(=O)(=O)N=S=C(O)O)cc1. The van der Waals surface area contributed by atoms with Crippen molar-refractivity contribution in [3.8, 4) is 0 Å². The Labute approximate surface area is 90.8 Å². The zero-order valence-electron chi connectivity index (χ0n) is 7.78. The fourth-order valence-corrected chi connectivity index (χ4v) is 2.32. The molecule has 15 heavy (non-hydrogen) atoms.